The molecule has 7 nitrogen and oxygen atoms in total. The maximum Gasteiger partial charge on any atom is 0.338 e. The molecule has 2 amide bonds. The van der Waals surface area contributed by atoms with Crippen LogP contribution in [0.3, 0.4) is 0 Å². The van der Waals surface area contributed by atoms with Crippen molar-refractivity contribution in [3.63, 3.8) is 0 Å². The Balaban J connectivity index is 1.80. The first-order valence-electron chi connectivity index (χ1n) is 7.88. The summed E-state index contributed by atoms with van der Waals surface area (Å²) < 4.78 is 15.8. The number of rotatable bonds is 6. The van der Waals surface area contributed by atoms with Gasteiger partial charge >= 0.3 is 12.0 Å². The Kier molecular flexibility index (Phi) is 4.71. The summed E-state index contributed by atoms with van der Waals surface area (Å²) in [5.74, 6) is 0.270. The molecule has 7 heteroatoms. The molecule has 3 rings (SSSR count). The predicted octanol–water partition coefficient (Wildman–Crippen LogP) is 1.66. The van der Waals surface area contributed by atoms with E-state index in [2.05, 4.69) is 10.6 Å². The SMILES string of the molecule is CCOC(=O)C1=C(C)NC(=O)NC1c1ccc(OCC2CO2)cc1. The van der Waals surface area contributed by atoms with Gasteiger partial charge in [-0.25, -0.2) is 9.59 Å². The van der Waals surface area contributed by atoms with Crippen LogP contribution in [0.25, 0.3) is 0 Å². The summed E-state index contributed by atoms with van der Waals surface area (Å²) in [5.41, 5.74) is 1.67. The van der Waals surface area contributed by atoms with E-state index >= 15 is 0 Å². The van der Waals surface area contributed by atoms with E-state index < -0.39 is 12.0 Å². The number of amides is 2. The molecule has 1 aromatic carbocycles. The van der Waals surface area contributed by atoms with E-state index in [4.69, 9.17) is 14.2 Å². The van der Waals surface area contributed by atoms with Crippen LogP contribution in [0.1, 0.15) is 25.5 Å². The van der Waals surface area contributed by atoms with Gasteiger partial charge in [0.25, 0.3) is 0 Å². The van der Waals surface area contributed by atoms with Crippen molar-refractivity contribution in [3.05, 3.63) is 41.1 Å². The minimum absolute atomic E-state index is 0.189. The van der Waals surface area contributed by atoms with Gasteiger partial charge in [-0.15, -0.1) is 0 Å². The molecule has 0 saturated carbocycles. The molecule has 0 aromatic heterocycles. The van der Waals surface area contributed by atoms with Crippen molar-refractivity contribution >= 4 is 12.0 Å². The number of urea groups is 1. The summed E-state index contributed by atoms with van der Waals surface area (Å²) in [6, 6.07) is 6.36. The van der Waals surface area contributed by atoms with Crippen LogP contribution in [-0.4, -0.2) is 37.9 Å². The lowest BCUT2D eigenvalue weighted by Gasteiger charge is -2.28. The quantitative estimate of drug-likeness (QED) is 0.611. The van der Waals surface area contributed by atoms with Gasteiger partial charge in [0.1, 0.15) is 18.5 Å². The number of carbonyl (C=O) groups is 2. The van der Waals surface area contributed by atoms with E-state index in [1.165, 1.54) is 0 Å². The van der Waals surface area contributed by atoms with E-state index in [-0.39, 0.29) is 18.7 Å². The average Bonchev–Trinajstić information content (AvgIpc) is 3.37. The molecule has 1 fully saturated rings. The Hall–Kier alpha value is -2.54. The van der Waals surface area contributed by atoms with Crippen LogP contribution < -0.4 is 15.4 Å². The Morgan fingerprint density at radius 1 is 1.33 bits per heavy atom. The number of hydrogen-bond acceptors (Lipinski definition) is 5. The fourth-order valence-corrected chi connectivity index (χ4v) is 2.53. The molecule has 2 aliphatic heterocycles. The van der Waals surface area contributed by atoms with Gasteiger partial charge in [-0.1, -0.05) is 12.1 Å². The number of esters is 1. The lowest BCUT2D eigenvalue weighted by Crippen LogP contribution is -2.45. The van der Waals surface area contributed by atoms with Crippen LogP contribution in [-0.2, 0) is 14.3 Å². The fourth-order valence-electron chi connectivity index (χ4n) is 2.53. The van der Waals surface area contributed by atoms with Crippen molar-refractivity contribution in [2.24, 2.45) is 0 Å². The largest absolute Gasteiger partial charge is 0.491 e. The van der Waals surface area contributed by atoms with Gasteiger partial charge in [0.2, 0.25) is 0 Å². The third kappa shape index (κ3) is 3.68. The number of ether oxygens (including phenoxy) is 3. The van der Waals surface area contributed by atoms with Gasteiger partial charge in [-0.05, 0) is 31.5 Å². The molecule has 128 valence electrons. The smallest absolute Gasteiger partial charge is 0.338 e. The minimum atomic E-state index is -0.557. The monoisotopic (exact) mass is 332 g/mol. The molecule has 1 aromatic rings. The summed E-state index contributed by atoms with van der Waals surface area (Å²) >= 11 is 0. The number of allylic oxidation sites excluding steroid dienone is 1. The van der Waals surface area contributed by atoms with Crippen LogP contribution in [0, 0.1) is 0 Å². The first-order chi connectivity index (χ1) is 11.6. The van der Waals surface area contributed by atoms with Crippen LogP contribution in [0.5, 0.6) is 5.75 Å². The highest BCUT2D eigenvalue weighted by Crippen LogP contribution is 2.29. The lowest BCUT2D eigenvalue weighted by atomic mass is 9.95. The third-order valence-corrected chi connectivity index (χ3v) is 3.82. The maximum atomic E-state index is 12.2. The average molecular weight is 332 g/mol. The predicted molar refractivity (Wildman–Crippen MR) is 85.4 cm³/mol. The van der Waals surface area contributed by atoms with Crippen LogP contribution in [0.15, 0.2) is 35.5 Å². The Bertz CT molecular complexity index is 664. The summed E-state index contributed by atoms with van der Waals surface area (Å²) in [6.45, 7) is 4.97. The zero-order valence-corrected chi connectivity index (χ0v) is 13.6. The van der Waals surface area contributed by atoms with Crippen molar-refractivity contribution < 1.29 is 23.8 Å². The highest BCUT2D eigenvalue weighted by atomic mass is 16.6. The molecule has 2 heterocycles. The van der Waals surface area contributed by atoms with Gasteiger partial charge < -0.3 is 24.8 Å². The molecule has 24 heavy (non-hydrogen) atoms. The van der Waals surface area contributed by atoms with Crippen molar-refractivity contribution in [2.75, 3.05) is 19.8 Å². The summed E-state index contributed by atoms with van der Waals surface area (Å²) in [7, 11) is 0. The molecule has 0 bridgehead atoms. The summed E-state index contributed by atoms with van der Waals surface area (Å²) in [6.07, 6.45) is 0.189. The molecule has 0 radical (unpaired) electrons. The molecule has 2 unspecified atom stereocenters. The molecular weight excluding hydrogens is 312 g/mol. The van der Waals surface area contributed by atoms with Crippen molar-refractivity contribution in [2.45, 2.75) is 26.0 Å². The zero-order chi connectivity index (χ0) is 17.1. The van der Waals surface area contributed by atoms with Crippen LogP contribution in [0.4, 0.5) is 4.79 Å². The molecule has 0 spiro atoms. The number of nitrogens with one attached hydrogen (secondary N) is 2. The standard InChI is InChI=1S/C17H20N2O5/c1-3-22-16(20)14-10(2)18-17(21)19-15(14)11-4-6-12(7-5-11)23-8-13-9-24-13/h4-7,13,15H,3,8-9H2,1-2H3,(H2,18,19,21). The van der Waals surface area contributed by atoms with E-state index in [0.29, 0.717) is 23.6 Å². The van der Waals surface area contributed by atoms with Crippen LogP contribution >= 0.6 is 0 Å². The van der Waals surface area contributed by atoms with Gasteiger partial charge in [0.15, 0.2) is 0 Å². The highest BCUT2D eigenvalue weighted by Gasteiger charge is 2.32. The second-order valence-corrected chi connectivity index (χ2v) is 5.63. The van der Waals surface area contributed by atoms with Crippen LogP contribution in [0.2, 0.25) is 0 Å². The van der Waals surface area contributed by atoms with Gasteiger partial charge in [0, 0.05) is 5.70 Å². The van der Waals surface area contributed by atoms with Crippen molar-refractivity contribution in [1.29, 1.82) is 0 Å². The molecule has 2 atom stereocenters. The molecule has 2 aliphatic rings. The zero-order valence-electron chi connectivity index (χ0n) is 13.6. The van der Waals surface area contributed by atoms with Crippen molar-refractivity contribution in [1.82, 2.24) is 10.6 Å². The Morgan fingerprint density at radius 2 is 2.04 bits per heavy atom. The van der Waals surface area contributed by atoms with Gasteiger partial charge in [-0.3, -0.25) is 0 Å². The fraction of sp³-hybridized carbons (Fsp3) is 0.412. The van der Waals surface area contributed by atoms with E-state index in [1.54, 1.807) is 13.8 Å². The number of epoxide rings is 1. The maximum absolute atomic E-state index is 12.2. The number of benzene rings is 1. The molecular formula is C17H20N2O5. The minimum Gasteiger partial charge on any atom is -0.491 e. The summed E-state index contributed by atoms with van der Waals surface area (Å²) in [5, 5.41) is 5.37. The van der Waals surface area contributed by atoms with Gasteiger partial charge in [0.05, 0.1) is 24.8 Å². The van der Waals surface area contributed by atoms with Crippen molar-refractivity contribution in [3.8, 4) is 5.75 Å². The molecule has 2 N–H and O–H groups in total. The highest BCUT2D eigenvalue weighted by molar-refractivity contribution is 5.95. The number of carbonyl (C=O) groups excluding carboxylic acids is 2. The Morgan fingerprint density at radius 3 is 2.67 bits per heavy atom. The molecule has 0 aliphatic carbocycles. The lowest BCUT2D eigenvalue weighted by molar-refractivity contribution is -0.139. The van der Waals surface area contributed by atoms with E-state index in [1.807, 2.05) is 24.3 Å². The van der Waals surface area contributed by atoms with Gasteiger partial charge in [-0.2, -0.15) is 0 Å². The topological polar surface area (TPSA) is 89.2 Å². The first-order valence-corrected chi connectivity index (χ1v) is 7.88. The first kappa shape index (κ1) is 16.3. The summed E-state index contributed by atoms with van der Waals surface area (Å²) in [4.78, 5) is 24.0. The van der Waals surface area contributed by atoms with E-state index in [9.17, 15) is 9.59 Å². The second-order valence-electron chi connectivity index (χ2n) is 5.63. The Labute approximate surface area is 140 Å². The molecule has 1 saturated heterocycles. The second kappa shape index (κ2) is 6.92. The third-order valence-electron chi connectivity index (χ3n) is 3.82. The normalized spacial score (nSPS) is 22.5. The number of hydrogen-bond donors (Lipinski definition) is 2. The van der Waals surface area contributed by atoms with E-state index in [0.717, 1.165) is 12.2 Å².